The topological polar surface area (TPSA) is 52.8 Å². The molecule has 0 amide bonds. The number of aromatic hydroxyl groups is 1. The van der Waals surface area contributed by atoms with Crippen LogP contribution in [-0.4, -0.2) is 28.6 Å². The van der Waals surface area contributed by atoms with Crippen molar-refractivity contribution in [2.75, 3.05) is 6.61 Å². The Morgan fingerprint density at radius 2 is 1.52 bits per heavy atom. The number of aliphatic hydroxyl groups is 1. The van der Waals surface area contributed by atoms with Crippen molar-refractivity contribution in [3.8, 4) is 5.75 Å². The van der Waals surface area contributed by atoms with Crippen molar-refractivity contribution in [2.24, 2.45) is 10.9 Å². The number of aliphatic imine (C=N–C) groups is 1. The molecule has 0 aliphatic heterocycles. The second-order valence-corrected chi connectivity index (χ2v) is 10.3. The van der Waals surface area contributed by atoms with Gasteiger partial charge in [-0.1, -0.05) is 91.8 Å². The standard InChI is InChI=1S/C26H37NO2/c1-17(2)22(16-28)27-23(18-12-10-9-11-13-18)20-14-19(25(3,4)5)15-21(24(20)29)26(6,7)8/h9-15,17,22,28-29H,16H2,1-8H3/t22-/m1/s1. The molecule has 0 aliphatic rings. The molecule has 2 N–H and O–H groups in total. The van der Waals surface area contributed by atoms with E-state index in [1.807, 2.05) is 30.3 Å². The van der Waals surface area contributed by atoms with Gasteiger partial charge in [-0.15, -0.1) is 0 Å². The van der Waals surface area contributed by atoms with E-state index in [1.165, 1.54) is 0 Å². The number of hydrogen-bond acceptors (Lipinski definition) is 3. The highest BCUT2D eigenvalue weighted by molar-refractivity contribution is 6.15. The van der Waals surface area contributed by atoms with Crippen LogP contribution in [0.5, 0.6) is 5.75 Å². The van der Waals surface area contributed by atoms with Gasteiger partial charge >= 0.3 is 0 Å². The summed E-state index contributed by atoms with van der Waals surface area (Å²) in [5.41, 5.74) is 4.18. The quantitative estimate of drug-likeness (QED) is 0.625. The zero-order valence-corrected chi connectivity index (χ0v) is 19.2. The van der Waals surface area contributed by atoms with E-state index in [9.17, 15) is 10.2 Å². The molecule has 3 nitrogen and oxygen atoms in total. The molecule has 0 unspecified atom stereocenters. The highest BCUT2D eigenvalue weighted by Gasteiger charge is 2.27. The van der Waals surface area contributed by atoms with Crippen molar-refractivity contribution < 1.29 is 10.2 Å². The average molecular weight is 396 g/mol. The van der Waals surface area contributed by atoms with Crippen LogP contribution in [0, 0.1) is 5.92 Å². The Balaban J connectivity index is 2.88. The predicted octanol–water partition coefficient (Wildman–Crippen LogP) is 5.84. The molecule has 3 heteroatoms. The van der Waals surface area contributed by atoms with Crippen LogP contribution in [0.1, 0.15) is 77.6 Å². The Bertz CT molecular complexity index is 853. The van der Waals surface area contributed by atoms with Gasteiger partial charge < -0.3 is 10.2 Å². The lowest BCUT2D eigenvalue weighted by atomic mass is 9.78. The lowest BCUT2D eigenvalue weighted by molar-refractivity contribution is 0.240. The second-order valence-electron chi connectivity index (χ2n) is 10.3. The Labute approximate surface area is 176 Å². The third-order valence-electron chi connectivity index (χ3n) is 5.34. The summed E-state index contributed by atoms with van der Waals surface area (Å²) in [6.45, 7) is 17.0. The van der Waals surface area contributed by atoms with Gasteiger partial charge in [-0.3, -0.25) is 4.99 Å². The SMILES string of the molecule is CC(C)[C@@H](CO)N=C(c1ccccc1)c1cc(C(C)(C)C)cc(C(C)(C)C)c1O. The Morgan fingerprint density at radius 3 is 1.97 bits per heavy atom. The summed E-state index contributed by atoms with van der Waals surface area (Å²) in [7, 11) is 0. The zero-order chi connectivity index (χ0) is 22.0. The van der Waals surface area contributed by atoms with Crippen molar-refractivity contribution >= 4 is 5.71 Å². The lowest BCUT2D eigenvalue weighted by Crippen LogP contribution is -2.22. The first-order valence-corrected chi connectivity index (χ1v) is 10.5. The van der Waals surface area contributed by atoms with E-state index in [0.29, 0.717) is 0 Å². The summed E-state index contributed by atoms with van der Waals surface area (Å²) in [5, 5.41) is 21.2. The van der Waals surface area contributed by atoms with Gasteiger partial charge in [0, 0.05) is 16.7 Å². The predicted molar refractivity (Wildman–Crippen MR) is 123 cm³/mol. The van der Waals surface area contributed by atoms with Gasteiger partial charge in [-0.25, -0.2) is 0 Å². The van der Waals surface area contributed by atoms with Crippen molar-refractivity contribution in [3.63, 3.8) is 0 Å². The van der Waals surface area contributed by atoms with Crippen molar-refractivity contribution in [3.05, 3.63) is 64.7 Å². The monoisotopic (exact) mass is 395 g/mol. The molecular formula is C26H37NO2. The van der Waals surface area contributed by atoms with Gasteiger partial charge in [0.2, 0.25) is 0 Å². The summed E-state index contributed by atoms with van der Waals surface area (Å²) in [4.78, 5) is 4.95. The molecular weight excluding hydrogens is 358 g/mol. The maximum Gasteiger partial charge on any atom is 0.128 e. The normalized spacial score (nSPS) is 14.3. The fraction of sp³-hybridized carbons (Fsp3) is 0.500. The van der Waals surface area contributed by atoms with Crippen LogP contribution in [0.25, 0.3) is 0 Å². The maximum atomic E-state index is 11.3. The number of hydrogen-bond donors (Lipinski definition) is 2. The van der Waals surface area contributed by atoms with E-state index in [1.54, 1.807) is 0 Å². The maximum absolute atomic E-state index is 11.3. The van der Waals surface area contributed by atoms with Gasteiger partial charge in [0.25, 0.3) is 0 Å². The molecule has 0 saturated heterocycles. The minimum Gasteiger partial charge on any atom is -0.507 e. The van der Waals surface area contributed by atoms with E-state index in [0.717, 1.165) is 28.0 Å². The molecule has 2 aromatic carbocycles. The Kier molecular flexibility index (Phi) is 6.95. The summed E-state index contributed by atoms with van der Waals surface area (Å²) in [6.07, 6.45) is 0. The van der Waals surface area contributed by atoms with E-state index in [-0.39, 0.29) is 35.1 Å². The first-order valence-electron chi connectivity index (χ1n) is 10.5. The number of phenolic OH excluding ortho intramolecular Hbond substituents is 1. The number of nitrogens with zero attached hydrogens (tertiary/aromatic N) is 1. The molecule has 158 valence electrons. The molecule has 1 atom stereocenters. The highest BCUT2D eigenvalue weighted by atomic mass is 16.3. The first kappa shape index (κ1) is 23.2. The minimum atomic E-state index is -0.235. The van der Waals surface area contributed by atoms with Crippen LogP contribution >= 0.6 is 0 Å². The first-order chi connectivity index (χ1) is 13.4. The molecule has 0 aromatic heterocycles. The molecule has 0 bridgehead atoms. The van der Waals surface area contributed by atoms with Crippen molar-refractivity contribution in [1.29, 1.82) is 0 Å². The molecule has 2 rings (SSSR count). The molecule has 0 heterocycles. The van der Waals surface area contributed by atoms with Crippen molar-refractivity contribution in [1.82, 2.24) is 0 Å². The average Bonchev–Trinajstić information content (AvgIpc) is 2.62. The molecule has 2 aromatic rings. The second kappa shape index (κ2) is 8.71. The lowest BCUT2D eigenvalue weighted by Gasteiger charge is -2.28. The number of benzene rings is 2. The van der Waals surface area contributed by atoms with E-state index < -0.39 is 0 Å². The van der Waals surface area contributed by atoms with E-state index >= 15 is 0 Å². The largest absolute Gasteiger partial charge is 0.507 e. The molecule has 0 radical (unpaired) electrons. The van der Waals surface area contributed by atoms with Crippen LogP contribution < -0.4 is 0 Å². The summed E-state index contributed by atoms with van der Waals surface area (Å²) in [6, 6.07) is 13.9. The van der Waals surface area contributed by atoms with Gasteiger partial charge in [-0.2, -0.15) is 0 Å². The molecule has 0 aliphatic carbocycles. The van der Waals surface area contributed by atoms with Gasteiger partial charge in [0.1, 0.15) is 5.75 Å². The fourth-order valence-corrected chi connectivity index (χ4v) is 3.28. The zero-order valence-electron chi connectivity index (χ0n) is 19.2. The molecule has 0 saturated carbocycles. The number of aliphatic hydroxyl groups excluding tert-OH is 1. The van der Waals surface area contributed by atoms with Crippen LogP contribution in [-0.2, 0) is 10.8 Å². The molecule has 29 heavy (non-hydrogen) atoms. The highest BCUT2D eigenvalue weighted by Crippen LogP contribution is 2.38. The van der Waals surface area contributed by atoms with Gasteiger partial charge in [-0.05, 0) is 28.4 Å². The van der Waals surface area contributed by atoms with Crippen LogP contribution in [0.2, 0.25) is 0 Å². The van der Waals surface area contributed by atoms with Gasteiger partial charge in [0.15, 0.2) is 0 Å². The smallest absolute Gasteiger partial charge is 0.128 e. The fourth-order valence-electron chi connectivity index (χ4n) is 3.28. The van der Waals surface area contributed by atoms with Crippen LogP contribution in [0.3, 0.4) is 0 Å². The summed E-state index contributed by atoms with van der Waals surface area (Å²) < 4.78 is 0. The number of phenols is 1. The number of rotatable bonds is 5. The third kappa shape index (κ3) is 5.48. The summed E-state index contributed by atoms with van der Waals surface area (Å²) >= 11 is 0. The summed E-state index contributed by atoms with van der Waals surface area (Å²) in [5.74, 6) is 0.460. The third-order valence-corrected chi connectivity index (χ3v) is 5.34. The Morgan fingerprint density at radius 1 is 0.931 bits per heavy atom. The minimum absolute atomic E-state index is 0.0279. The van der Waals surface area contributed by atoms with E-state index in [2.05, 4.69) is 67.5 Å². The Hall–Kier alpha value is -2.13. The van der Waals surface area contributed by atoms with Gasteiger partial charge in [0.05, 0.1) is 18.4 Å². The molecule has 0 fully saturated rings. The van der Waals surface area contributed by atoms with Crippen LogP contribution in [0.15, 0.2) is 47.5 Å². The van der Waals surface area contributed by atoms with E-state index in [4.69, 9.17) is 4.99 Å². The van der Waals surface area contributed by atoms with Crippen molar-refractivity contribution in [2.45, 2.75) is 72.3 Å². The molecule has 0 spiro atoms. The van der Waals surface area contributed by atoms with Crippen LogP contribution in [0.4, 0.5) is 0 Å².